The molecule has 7 nitrogen and oxygen atoms in total. The third-order valence-electron chi connectivity index (χ3n) is 5.25. The van der Waals surface area contributed by atoms with E-state index in [-0.39, 0.29) is 35.4 Å². The van der Waals surface area contributed by atoms with E-state index in [2.05, 4.69) is 10.6 Å². The van der Waals surface area contributed by atoms with Crippen LogP contribution in [0.2, 0.25) is 0 Å². The lowest BCUT2D eigenvalue weighted by Crippen LogP contribution is -2.49. The molecular weight excluding hydrogens is 479 g/mol. The van der Waals surface area contributed by atoms with Crippen LogP contribution in [0, 0.1) is 0 Å². The smallest absolute Gasteiger partial charge is 0.408 e. The Balaban J connectivity index is 1.50. The predicted octanol–water partition coefficient (Wildman–Crippen LogP) is 4.48. The number of anilines is 1. The van der Waals surface area contributed by atoms with E-state index in [1.54, 1.807) is 30.3 Å². The highest BCUT2D eigenvalue weighted by molar-refractivity contribution is 6.68. The van der Waals surface area contributed by atoms with Gasteiger partial charge in [-0.25, -0.2) is 4.79 Å². The molecule has 1 aliphatic heterocycles. The van der Waals surface area contributed by atoms with Crippen molar-refractivity contribution in [3.8, 4) is 0 Å². The molecule has 0 spiro atoms. The molecule has 0 aromatic heterocycles. The van der Waals surface area contributed by atoms with Crippen molar-refractivity contribution in [3.05, 3.63) is 64.7 Å². The van der Waals surface area contributed by atoms with Crippen LogP contribution in [0.25, 0.3) is 0 Å². The van der Waals surface area contributed by atoms with Crippen molar-refractivity contribution in [2.45, 2.75) is 28.9 Å². The summed E-state index contributed by atoms with van der Waals surface area (Å²) >= 11 is 18.1. The first-order valence-corrected chi connectivity index (χ1v) is 11.1. The van der Waals surface area contributed by atoms with Crippen LogP contribution in [0.15, 0.2) is 42.5 Å². The summed E-state index contributed by atoms with van der Waals surface area (Å²) in [6.45, 7) is 0.727. The molecule has 1 saturated heterocycles. The lowest BCUT2D eigenvalue weighted by atomic mass is 9.84. The molecule has 2 aromatic carbocycles. The zero-order valence-corrected chi connectivity index (χ0v) is 19.0. The number of halogens is 3. The minimum atomic E-state index is -1.94. The monoisotopic (exact) mass is 496 g/mol. The average molecular weight is 498 g/mol. The molecule has 1 heterocycles. The number of amides is 1. The number of rotatable bonds is 5. The molecule has 1 amide bonds. The van der Waals surface area contributed by atoms with Gasteiger partial charge in [-0.05, 0) is 31.0 Å². The molecule has 0 saturated carbocycles. The van der Waals surface area contributed by atoms with E-state index in [0.29, 0.717) is 23.4 Å². The third kappa shape index (κ3) is 4.86. The summed E-state index contributed by atoms with van der Waals surface area (Å²) in [4.78, 5) is 37.9. The van der Waals surface area contributed by atoms with Crippen LogP contribution < -0.4 is 10.6 Å². The maximum absolute atomic E-state index is 12.9. The number of alkyl carbamates (subject to hydrolysis) is 1. The second-order valence-corrected chi connectivity index (χ2v) is 9.83. The summed E-state index contributed by atoms with van der Waals surface area (Å²) in [5.41, 5.74) is 1.58. The Morgan fingerprint density at radius 1 is 1.06 bits per heavy atom. The number of hydrogen-bond donors (Lipinski definition) is 2. The van der Waals surface area contributed by atoms with Gasteiger partial charge in [0, 0.05) is 34.5 Å². The van der Waals surface area contributed by atoms with Gasteiger partial charge in [0.15, 0.2) is 11.6 Å². The van der Waals surface area contributed by atoms with E-state index >= 15 is 0 Å². The third-order valence-corrected chi connectivity index (χ3v) is 5.90. The summed E-state index contributed by atoms with van der Waals surface area (Å²) in [5, 5.41) is 5.35. The first kappa shape index (κ1) is 22.9. The van der Waals surface area contributed by atoms with Gasteiger partial charge in [-0.15, -0.1) is 0 Å². The fraction of sp³-hybridized carbons (Fsp3) is 0.318. The van der Waals surface area contributed by atoms with Crippen LogP contribution in [-0.2, 0) is 9.47 Å². The summed E-state index contributed by atoms with van der Waals surface area (Å²) in [6, 6.07) is 11.2. The molecule has 0 unspecified atom stereocenters. The Morgan fingerprint density at radius 3 is 2.34 bits per heavy atom. The van der Waals surface area contributed by atoms with Crippen molar-refractivity contribution in [2.75, 3.05) is 18.5 Å². The van der Waals surface area contributed by atoms with Crippen LogP contribution in [-0.4, -0.2) is 46.9 Å². The molecule has 0 bridgehead atoms. The van der Waals surface area contributed by atoms with E-state index in [0.717, 1.165) is 12.8 Å². The van der Waals surface area contributed by atoms with E-state index in [9.17, 15) is 14.4 Å². The number of ether oxygens (including phenoxy) is 2. The van der Waals surface area contributed by atoms with E-state index < -0.39 is 16.1 Å². The quantitative estimate of drug-likeness (QED) is 0.399. The highest BCUT2D eigenvalue weighted by Gasteiger charge is 2.36. The van der Waals surface area contributed by atoms with Crippen molar-refractivity contribution in [2.24, 2.45) is 0 Å². The molecule has 32 heavy (non-hydrogen) atoms. The number of carbonyl (C=O) groups is 3. The van der Waals surface area contributed by atoms with Gasteiger partial charge in [-0.2, -0.15) is 0 Å². The number of hydrogen-bond acceptors (Lipinski definition) is 6. The normalized spacial score (nSPS) is 18.5. The molecule has 2 aliphatic rings. The summed E-state index contributed by atoms with van der Waals surface area (Å²) in [6.07, 6.45) is -0.388. The molecule has 2 atom stereocenters. The highest BCUT2D eigenvalue weighted by Crippen LogP contribution is 2.33. The van der Waals surface area contributed by atoms with E-state index in [1.807, 2.05) is 0 Å². The Hall–Kier alpha value is -2.32. The second kappa shape index (κ2) is 9.27. The van der Waals surface area contributed by atoms with Gasteiger partial charge in [0.1, 0.15) is 12.8 Å². The topological polar surface area (TPSA) is 93.7 Å². The average Bonchev–Trinajstić information content (AvgIpc) is 3.29. The Morgan fingerprint density at radius 2 is 1.72 bits per heavy atom. The van der Waals surface area contributed by atoms with Gasteiger partial charge in [0.05, 0.1) is 6.10 Å². The summed E-state index contributed by atoms with van der Waals surface area (Å²) in [7, 11) is 0. The van der Waals surface area contributed by atoms with Gasteiger partial charge >= 0.3 is 6.09 Å². The standard InChI is InChI=1S/C22H19Cl3N2O5/c23-22(24,25)20(27-21(30)32-11-13-4-3-9-31-13)26-12-7-8-16-17(10-12)19(29)15-6-2-1-5-14(15)18(16)28/h1-2,5-8,10,13,20,26H,3-4,9,11H2,(H,27,30)/t13-,20-/m1/s1. The molecule has 168 valence electrons. The number of fused-ring (bicyclic) bond motifs is 2. The van der Waals surface area contributed by atoms with E-state index in [1.165, 1.54) is 12.1 Å². The van der Waals surface area contributed by atoms with Crippen molar-refractivity contribution < 1.29 is 23.9 Å². The van der Waals surface area contributed by atoms with Crippen molar-refractivity contribution in [1.29, 1.82) is 0 Å². The molecular formula is C22H19Cl3N2O5. The van der Waals surface area contributed by atoms with Gasteiger partial charge in [0.25, 0.3) is 0 Å². The van der Waals surface area contributed by atoms with Crippen LogP contribution in [0.1, 0.15) is 44.7 Å². The maximum Gasteiger partial charge on any atom is 0.408 e. The van der Waals surface area contributed by atoms with Crippen molar-refractivity contribution >= 4 is 58.1 Å². The SMILES string of the molecule is O=C(N[C@@H](Nc1ccc2c(c1)C(=O)c1ccccc1C2=O)C(Cl)(Cl)Cl)OC[C@H]1CCCO1. The maximum atomic E-state index is 12.9. The number of nitrogens with one attached hydrogen (secondary N) is 2. The molecule has 2 aromatic rings. The molecule has 4 rings (SSSR count). The Bertz CT molecular complexity index is 1060. The molecule has 1 fully saturated rings. The minimum Gasteiger partial charge on any atom is -0.447 e. The molecule has 2 N–H and O–H groups in total. The number of carbonyl (C=O) groups excluding carboxylic acids is 3. The molecule has 1 aliphatic carbocycles. The van der Waals surface area contributed by atoms with Crippen LogP contribution >= 0.6 is 34.8 Å². The van der Waals surface area contributed by atoms with Crippen molar-refractivity contribution in [1.82, 2.24) is 5.32 Å². The predicted molar refractivity (Wildman–Crippen MR) is 121 cm³/mol. The first-order valence-electron chi connectivity index (χ1n) is 9.94. The van der Waals surface area contributed by atoms with E-state index in [4.69, 9.17) is 44.3 Å². The number of alkyl halides is 3. The fourth-order valence-corrected chi connectivity index (χ4v) is 3.99. The highest BCUT2D eigenvalue weighted by atomic mass is 35.6. The van der Waals surface area contributed by atoms with Crippen molar-refractivity contribution in [3.63, 3.8) is 0 Å². The molecule has 0 radical (unpaired) electrons. The Labute approximate surface area is 199 Å². The minimum absolute atomic E-state index is 0.0906. The second-order valence-electron chi connectivity index (χ2n) is 7.46. The van der Waals surface area contributed by atoms with Gasteiger partial charge < -0.3 is 14.8 Å². The van der Waals surface area contributed by atoms with Gasteiger partial charge in [-0.3, -0.25) is 14.9 Å². The molecule has 10 heteroatoms. The largest absolute Gasteiger partial charge is 0.447 e. The zero-order chi connectivity index (χ0) is 22.9. The summed E-state index contributed by atoms with van der Waals surface area (Å²) in [5.74, 6) is -0.524. The van der Waals surface area contributed by atoms with Crippen LogP contribution in [0.4, 0.5) is 10.5 Å². The number of ketones is 2. The zero-order valence-electron chi connectivity index (χ0n) is 16.7. The van der Waals surface area contributed by atoms with Gasteiger partial charge in [-0.1, -0.05) is 59.1 Å². The number of benzene rings is 2. The summed E-state index contributed by atoms with van der Waals surface area (Å²) < 4.78 is 8.63. The van der Waals surface area contributed by atoms with Gasteiger partial charge in [0.2, 0.25) is 3.79 Å². The van der Waals surface area contributed by atoms with Crippen LogP contribution in [0.5, 0.6) is 0 Å². The Kier molecular flexibility index (Phi) is 6.62. The lowest BCUT2D eigenvalue weighted by molar-refractivity contribution is 0.0432. The lowest BCUT2D eigenvalue weighted by Gasteiger charge is -2.28. The fourth-order valence-electron chi connectivity index (χ4n) is 3.66. The van der Waals surface area contributed by atoms with Crippen LogP contribution in [0.3, 0.4) is 0 Å². The first-order chi connectivity index (χ1) is 15.2.